The second-order valence-electron chi connectivity index (χ2n) is 5.15. The second-order valence-corrected chi connectivity index (χ2v) is 5.15. The van der Waals surface area contributed by atoms with Crippen LogP contribution >= 0.6 is 12.4 Å². The van der Waals surface area contributed by atoms with E-state index in [4.69, 9.17) is 5.73 Å². The molecule has 0 aliphatic heterocycles. The summed E-state index contributed by atoms with van der Waals surface area (Å²) in [5.74, 6) is 0.0248. The van der Waals surface area contributed by atoms with Crippen LogP contribution in [-0.4, -0.2) is 12.5 Å². The number of benzene rings is 2. The summed E-state index contributed by atoms with van der Waals surface area (Å²) in [7, 11) is 0. The van der Waals surface area contributed by atoms with E-state index in [0.717, 1.165) is 24.1 Å². The van der Waals surface area contributed by atoms with E-state index in [1.165, 1.54) is 5.56 Å². The maximum Gasteiger partial charge on any atom is 0.227 e. The maximum atomic E-state index is 12.3. The van der Waals surface area contributed by atoms with E-state index in [0.29, 0.717) is 6.54 Å². The lowest BCUT2D eigenvalue weighted by Crippen LogP contribution is -2.30. The Labute approximate surface area is 138 Å². The highest BCUT2D eigenvalue weighted by Gasteiger charge is 2.17. The quantitative estimate of drug-likeness (QED) is 0.800. The normalized spacial score (nSPS) is 11.3. The first-order chi connectivity index (χ1) is 10.2. The molecule has 22 heavy (non-hydrogen) atoms. The minimum Gasteiger partial charge on any atom is -0.399 e. The van der Waals surface area contributed by atoms with Crippen LogP contribution in [0.25, 0.3) is 0 Å². The van der Waals surface area contributed by atoms with E-state index in [1.54, 1.807) is 0 Å². The van der Waals surface area contributed by atoms with Crippen LogP contribution in [0, 0.1) is 0 Å². The Morgan fingerprint density at radius 3 is 2.32 bits per heavy atom. The first-order valence-corrected chi connectivity index (χ1v) is 7.37. The predicted molar refractivity (Wildman–Crippen MR) is 94.3 cm³/mol. The van der Waals surface area contributed by atoms with Crippen molar-refractivity contribution in [2.24, 2.45) is 0 Å². The van der Waals surface area contributed by atoms with Gasteiger partial charge in [-0.2, -0.15) is 0 Å². The molecule has 0 saturated heterocycles. The van der Waals surface area contributed by atoms with Gasteiger partial charge in [0, 0.05) is 12.2 Å². The van der Waals surface area contributed by atoms with Crippen molar-refractivity contribution in [3.8, 4) is 0 Å². The van der Waals surface area contributed by atoms with Gasteiger partial charge < -0.3 is 11.1 Å². The van der Waals surface area contributed by atoms with Gasteiger partial charge in [-0.25, -0.2) is 0 Å². The number of nitrogens with one attached hydrogen (secondary N) is 1. The van der Waals surface area contributed by atoms with E-state index >= 15 is 0 Å². The molecule has 2 rings (SSSR count). The van der Waals surface area contributed by atoms with Gasteiger partial charge in [-0.1, -0.05) is 49.4 Å². The molecule has 118 valence electrons. The standard InChI is InChI=1S/C18H22N2O.ClH/c1-2-17(15-6-4-3-5-7-15)18(21)20-13-12-14-8-10-16(19)11-9-14;/h3-11,17H,2,12-13,19H2,1H3,(H,20,21);1H. The van der Waals surface area contributed by atoms with Crippen LogP contribution in [0.5, 0.6) is 0 Å². The summed E-state index contributed by atoms with van der Waals surface area (Å²) in [6.07, 6.45) is 1.62. The zero-order valence-electron chi connectivity index (χ0n) is 12.8. The SMILES string of the molecule is CCC(C(=O)NCCc1ccc(N)cc1)c1ccccc1.Cl. The topological polar surface area (TPSA) is 55.1 Å². The summed E-state index contributed by atoms with van der Waals surface area (Å²) in [4.78, 5) is 12.3. The summed E-state index contributed by atoms with van der Waals surface area (Å²) in [6, 6.07) is 17.7. The molecule has 0 aliphatic carbocycles. The molecule has 2 aromatic rings. The van der Waals surface area contributed by atoms with Gasteiger partial charge in [0.25, 0.3) is 0 Å². The van der Waals surface area contributed by atoms with Crippen molar-refractivity contribution in [1.29, 1.82) is 0 Å². The number of hydrogen-bond acceptors (Lipinski definition) is 2. The second kappa shape index (κ2) is 9.11. The summed E-state index contributed by atoms with van der Waals surface area (Å²) >= 11 is 0. The Kier molecular flexibility index (Phi) is 7.47. The van der Waals surface area contributed by atoms with Crippen LogP contribution in [0.3, 0.4) is 0 Å². The summed E-state index contributed by atoms with van der Waals surface area (Å²) in [5.41, 5.74) is 8.67. The number of amides is 1. The molecule has 0 aromatic heterocycles. The number of halogens is 1. The van der Waals surface area contributed by atoms with E-state index < -0.39 is 0 Å². The molecule has 1 unspecified atom stereocenters. The number of nitrogen functional groups attached to an aromatic ring is 1. The van der Waals surface area contributed by atoms with Crippen LogP contribution < -0.4 is 11.1 Å². The van der Waals surface area contributed by atoms with Gasteiger partial charge >= 0.3 is 0 Å². The van der Waals surface area contributed by atoms with Crippen LogP contribution in [0.4, 0.5) is 5.69 Å². The largest absolute Gasteiger partial charge is 0.399 e. The number of carbonyl (C=O) groups is 1. The van der Waals surface area contributed by atoms with Gasteiger partial charge in [-0.3, -0.25) is 4.79 Å². The molecular weight excluding hydrogens is 296 g/mol. The van der Waals surface area contributed by atoms with Crippen molar-refractivity contribution in [1.82, 2.24) is 5.32 Å². The van der Waals surface area contributed by atoms with Gasteiger partial charge in [0.2, 0.25) is 5.91 Å². The minimum atomic E-state index is -0.0717. The minimum absolute atomic E-state index is 0. The Hall–Kier alpha value is -2.00. The average molecular weight is 319 g/mol. The molecule has 0 radical (unpaired) electrons. The van der Waals surface area contributed by atoms with Crippen molar-refractivity contribution < 1.29 is 4.79 Å². The van der Waals surface area contributed by atoms with E-state index in [1.807, 2.05) is 61.5 Å². The number of carbonyl (C=O) groups excluding carboxylic acids is 1. The van der Waals surface area contributed by atoms with Crippen molar-refractivity contribution in [3.63, 3.8) is 0 Å². The van der Waals surface area contributed by atoms with Crippen LogP contribution in [-0.2, 0) is 11.2 Å². The van der Waals surface area contributed by atoms with E-state index in [9.17, 15) is 4.79 Å². The van der Waals surface area contributed by atoms with Crippen molar-refractivity contribution >= 4 is 24.0 Å². The monoisotopic (exact) mass is 318 g/mol. The molecule has 0 fully saturated rings. The lowest BCUT2D eigenvalue weighted by atomic mass is 9.95. The third kappa shape index (κ3) is 5.08. The number of hydrogen-bond donors (Lipinski definition) is 2. The molecule has 2 aromatic carbocycles. The average Bonchev–Trinajstić information content (AvgIpc) is 2.51. The lowest BCUT2D eigenvalue weighted by molar-refractivity contribution is -0.122. The zero-order chi connectivity index (χ0) is 15.1. The van der Waals surface area contributed by atoms with E-state index in [2.05, 4.69) is 5.32 Å². The number of rotatable bonds is 6. The lowest BCUT2D eigenvalue weighted by Gasteiger charge is -2.15. The van der Waals surface area contributed by atoms with Gasteiger partial charge in [0.1, 0.15) is 0 Å². The molecule has 0 spiro atoms. The third-order valence-corrected chi connectivity index (χ3v) is 3.62. The molecule has 3 nitrogen and oxygen atoms in total. The maximum absolute atomic E-state index is 12.3. The van der Waals surface area contributed by atoms with Gasteiger partial charge in [-0.15, -0.1) is 12.4 Å². The molecule has 0 saturated carbocycles. The molecule has 1 atom stereocenters. The van der Waals surface area contributed by atoms with Crippen molar-refractivity contribution in [2.75, 3.05) is 12.3 Å². The summed E-state index contributed by atoms with van der Waals surface area (Å²) in [5, 5.41) is 3.03. The first-order valence-electron chi connectivity index (χ1n) is 7.37. The Bertz CT molecular complexity index is 569. The van der Waals surface area contributed by atoms with Gasteiger partial charge in [0.05, 0.1) is 5.92 Å². The van der Waals surface area contributed by atoms with Crippen molar-refractivity contribution in [2.45, 2.75) is 25.7 Å². The highest BCUT2D eigenvalue weighted by Crippen LogP contribution is 2.19. The van der Waals surface area contributed by atoms with Crippen LogP contribution in [0.2, 0.25) is 0 Å². The first kappa shape index (κ1) is 18.1. The molecule has 0 heterocycles. The van der Waals surface area contributed by atoms with Gasteiger partial charge in [0.15, 0.2) is 0 Å². The molecule has 3 N–H and O–H groups in total. The summed E-state index contributed by atoms with van der Waals surface area (Å²) < 4.78 is 0. The highest BCUT2D eigenvalue weighted by molar-refractivity contribution is 5.85. The Morgan fingerprint density at radius 1 is 1.09 bits per heavy atom. The molecule has 0 aliphatic rings. The predicted octanol–water partition coefficient (Wildman–Crippen LogP) is 3.54. The molecule has 0 bridgehead atoms. The van der Waals surface area contributed by atoms with Crippen molar-refractivity contribution in [3.05, 3.63) is 65.7 Å². The fraction of sp³-hybridized carbons (Fsp3) is 0.278. The smallest absolute Gasteiger partial charge is 0.227 e. The van der Waals surface area contributed by atoms with Crippen LogP contribution in [0.15, 0.2) is 54.6 Å². The molecule has 4 heteroatoms. The number of nitrogens with two attached hydrogens (primary N) is 1. The summed E-state index contributed by atoms with van der Waals surface area (Å²) in [6.45, 7) is 2.68. The highest BCUT2D eigenvalue weighted by atomic mass is 35.5. The van der Waals surface area contributed by atoms with E-state index in [-0.39, 0.29) is 24.2 Å². The van der Waals surface area contributed by atoms with Gasteiger partial charge in [-0.05, 0) is 36.1 Å². The number of anilines is 1. The molecular formula is C18H23ClN2O. The fourth-order valence-corrected chi connectivity index (χ4v) is 2.40. The Balaban J connectivity index is 0.00000242. The fourth-order valence-electron chi connectivity index (χ4n) is 2.40. The zero-order valence-corrected chi connectivity index (χ0v) is 13.6. The Morgan fingerprint density at radius 2 is 1.73 bits per heavy atom. The van der Waals surface area contributed by atoms with Crippen LogP contribution in [0.1, 0.15) is 30.4 Å². The third-order valence-electron chi connectivity index (χ3n) is 3.62. The molecule has 1 amide bonds.